The lowest BCUT2D eigenvalue weighted by Crippen LogP contribution is -2.30. The van der Waals surface area contributed by atoms with E-state index in [-0.39, 0.29) is 18.1 Å². The van der Waals surface area contributed by atoms with Gasteiger partial charge in [0.1, 0.15) is 0 Å². The van der Waals surface area contributed by atoms with Crippen molar-refractivity contribution >= 4 is 17.6 Å². The van der Waals surface area contributed by atoms with Crippen molar-refractivity contribution in [3.63, 3.8) is 0 Å². The minimum Gasteiger partial charge on any atom is -0.493 e. The van der Waals surface area contributed by atoms with Crippen molar-refractivity contribution in [2.75, 3.05) is 20.8 Å². The molecule has 2 heterocycles. The third kappa shape index (κ3) is 4.17. The molecular weight excluding hydrogens is 348 g/mol. The molecule has 0 aliphatic heterocycles. The molecule has 0 spiro atoms. The van der Waals surface area contributed by atoms with Crippen LogP contribution in [-0.4, -0.2) is 40.9 Å². The fourth-order valence-electron chi connectivity index (χ4n) is 2.59. The molecule has 27 heavy (non-hydrogen) atoms. The van der Waals surface area contributed by atoms with Crippen LogP contribution >= 0.6 is 0 Å². The minimum atomic E-state index is -0.262. The second-order valence-corrected chi connectivity index (χ2v) is 5.67. The molecule has 0 unspecified atom stereocenters. The summed E-state index contributed by atoms with van der Waals surface area (Å²) < 4.78 is 13.2. The molecule has 0 fully saturated rings. The maximum Gasteiger partial charge on any atom is 0.350 e. The van der Waals surface area contributed by atoms with E-state index in [2.05, 4.69) is 10.4 Å². The number of ether oxygens (including phenoxy) is 2. The summed E-state index contributed by atoms with van der Waals surface area (Å²) in [6.07, 6.45) is 4.76. The second-order valence-electron chi connectivity index (χ2n) is 5.67. The number of fused-ring (bicyclic) bond motifs is 1. The zero-order valence-electron chi connectivity index (χ0n) is 15.1. The molecule has 0 saturated heterocycles. The standard InChI is InChI=1S/C19H20N4O4/c1-26-15-8-6-14(13-16(15)27-2)7-9-18(24)20-10-12-23-19(25)22-11-4-3-5-17(22)21-23/h3-9,11,13H,10,12H2,1-2H3,(H,20,24)/b9-7-. The lowest BCUT2D eigenvalue weighted by atomic mass is 10.2. The third-order valence-corrected chi connectivity index (χ3v) is 3.95. The minimum absolute atomic E-state index is 0.235. The van der Waals surface area contributed by atoms with Gasteiger partial charge in [-0.05, 0) is 35.9 Å². The van der Waals surface area contributed by atoms with Gasteiger partial charge >= 0.3 is 5.69 Å². The Kier molecular flexibility index (Phi) is 5.55. The van der Waals surface area contributed by atoms with Crippen molar-refractivity contribution in [2.45, 2.75) is 6.54 Å². The maximum atomic E-state index is 12.1. The van der Waals surface area contributed by atoms with Gasteiger partial charge in [0.15, 0.2) is 17.1 Å². The first-order chi connectivity index (χ1) is 13.1. The number of nitrogens with one attached hydrogen (secondary N) is 1. The van der Waals surface area contributed by atoms with Crippen molar-refractivity contribution < 1.29 is 14.3 Å². The Morgan fingerprint density at radius 2 is 2.00 bits per heavy atom. The molecule has 0 aliphatic rings. The van der Waals surface area contributed by atoms with Gasteiger partial charge in [0.05, 0.1) is 20.8 Å². The Balaban J connectivity index is 1.57. The number of methoxy groups -OCH3 is 2. The largest absolute Gasteiger partial charge is 0.493 e. The monoisotopic (exact) mass is 368 g/mol. The number of hydrogen-bond donors (Lipinski definition) is 1. The zero-order chi connectivity index (χ0) is 19.2. The summed E-state index contributed by atoms with van der Waals surface area (Å²) in [5, 5.41) is 6.94. The van der Waals surface area contributed by atoms with Crippen molar-refractivity contribution in [1.82, 2.24) is 19.5 Å². The summed E-state index contributed by atoms with van der Waals surface area (Å²) in [7, 11) is 3.12. The van der Waals surface area contributed by atoms with E-state index in [1.165, 1.54) is 15.2 Å². The molecule has 8 nitrogen and oxygen atoms in total. The molecule has 140 valence electrons. The summed E-state index contributed by atoms with van der Waals surface area (Å²) in [6.45, 7) is 0.579. The molecule has 0 radical (unpaired) electrons. The molecule has 8 heteroatoms. The highest BCUT2D eigenvalue weighted by atomic mass is 16.5. The molecule has 0 atom stereocenters. The lowest BCUT2D eigenvalue weighted by molar-refractivity contribution is -0.116. The van der Waals surface area contributed by atoms with E-state index in [1.54, 1.807) is 50.8 Å². The van der Waals surface area contributed by atoms with Crippen LogP contribution in [0.2, 0.25) is 0 Å². The van der Waals surface area contributed by atoms with Crippen molar-refractivity contribution in [2.24, 2.45) is 0 Å². The van der Waals surface area contributed by atoms with Gasteiger partial charge in [0.2, 0.25) is 5.91 Å². The molecule has 0 saturated carbocycles. The molecular formula is C19H20N4O4. The Bertz CT molecular complexity index is 1040. The van der Waals surface area contributed by atoms with E-state index in [0.29, 0.717) is 23.7 Å². The smallest absolute Gasteiger partial charge is 0.350 e. The van der Waals surface area contributed by atoms with E-state index in [4.69, 9.17) is 9.47 Å². The molecule has 0 bridgehead atoms. The quantitative estimate of drug-likeness (QED) is 0.636. The Morgan fingerprint density at radius 3 is 2.74 bits per heavy atom. The van der Waals surface area contributed by atoms with Gasteiger partial charge in [0, 0.05) is 18.8 Å². The van der Waals surface area contributed by atoms with Gasteiger partial charge in [-0.25, -0.2) is 9.48 Å². The Hall–Kier alpha value is -3.55. The van der Waals surface area contributed by atoms with Crippen molar-refractivity contribution in [3.8, 4) is 11.5 Å². The predicted molar refractivity (Wildman–Crippen MR) is 101 cm³/mol. The fourth-order valence-corrected chi connectivity index (χ4v) is 2.59. The number of aromatic nitrogens is 3. The number of amides is 1. The highest BCUT2D eigenvalue weighted by Gasteiger charge is 2.06. The van der Waals surface area contributed by atoms with Gasteiger partial charge in [-0.15, -0.1) is 5.10 Å². The average Bonchev–Trinajstić information content (AvgIpc) is 3.02. The van der Waals surface area contributed by atoms with E-state index in [0.717, 1.165) is 5.56 Å². The predicted octanol–water partition coefficient (Wildman–Crippen LogP) is 1.34. The molecule has 1 N–H and O–H groups in total. The van der Waals surface area contributed by atoms with Crippen LogP contribution in [0, 0.1) is 0 Å². The lowest BCUT2D eigenvalue weighted by Gasteiger charge is -2.07. The van der Waals surface area contributed by atoms with Crippen LogP contribution in [0.5, 0.6) is 11.5 Å². The fraction of sp³-hybridized carbons (Fsp3) is 0.211. The van der Waals surface area contributed by atoms with Gasteiger partial charge < -0.3 is 14.8 Å². The second kappa shape index (κ2) is 8.22. The maximum absolute atomic E-state index is 12.1. The van der Waals surface area contributed by atoms with Crippen LogP contribution in [0.3, 0.4) is 0 Å². The summed E-state index contributed by atoms with van der Waals surface area (Å²) in [6, 6.07) is 10.7. The molecule has 0 aliphatic carbocycles. The summed E-state index contributed by atoms with van der Waals surface area (Å²) in [5.41, 5.74) is 1.14. The normalized spacial score (nSPS) is 11.0. The summed E-state index contributed by atoms with van der Waals surface area (Å²) in [5.74, 6) is 0.949. The van der Waals surface area contributed by atoms with Gasteiger partial charge in [-0.3, -0.25) is 9.20 Å². The van der Waals surface area contributed by atoms with Crippen LogP contribution in [-0.2, 0) is 11.3 Å². The Morgan fingerprint density at radius 1 is 1.19 bits per heavy atom. The molecule has 1 amide bonds. The van der Waals surface area contributed by atoms with E-state index in [1.807, 2.05) is 12.1 Å². The topological polar surface area (TPSA) is 86.9 Å². The van der Waals surface area contributed by atoms with Crippen LogP contribution < -0.4 is 20.5 Å². The number of nitrogens with zero attached hydrogens (tertiary/aromatic N) is 3. The summed E-state index contributed by atoms with van der Waals surface area (Å²) >= 11 is 0. The molecule has 2 aromatic heterocycles. The van der Waals surface area contributed by atoms with E-state index in [9.17, 15) is 9.59 Å². The van der Waals surface area contributed by atoms with Gasteiger partial charge in [0.25, 0.3) is 0 Å². The van der Waals surface area contributed by atoms with Gasteiger partial charge in [-0.1, -0.05) is 12.1 Å². The molecule has 3 aromatic rings. The first-order valence-electron chi connectivity index (χ1n) is 8.34. The van der Waals surface area contributed by atoms with Gasteiger partial charge in [-0.2, -0.15) is 0 Å². The van der Waals surface area contributed by atoms with Crippen LogP contribution in [0.1, 0.15) is 5.56 Å². The van der Waals surface area contributed by atoms with Crippen molar-refractivity contribution in [3.05, 3.63) is 64.7 Å². The number of carbonyl (C=O) groups is 1. The molecule has 3 rings (SSSR count). The highest BCUT2D eigenvalue weighted by molar-refractivity contribution is 5.91. The Labute approximate surface area is 155 Å². The highest BCUT2D eigenvalue weighted by Crippen LogP contribution is 2.27. The SMILES string of the molecule is COc1ccc(/C=C\C(=O)NCCn2nc3ccccn3c2=O)cc1OC. The first-order valence-corrected chi connectivity index (χ1v) is 8.34. The number of benzene rings is 1. The average molecular weight is 368 g/mol. The first kappa shape index (κ1) is 18.2. The van der Waals surface area contributed by atoms with Crippen LogP contribution in [0.4, 0.5) is 0 Å². The zero-order valence-corrected chi connectivity index (χ0v) is 15.1. The number of carbonyl (C=O) groups excluding carboxylic acids is 1. The summed E-state index contributed by atoms with van der Waals surface area (Å²) in [4.78, 5) is 24.1. The van der Waals surface area contributed by atoms with Crippen LogP contribution in [0.25, 0.3) is 11.7 Å². The van der Waals surface area contributed by atoms with Crippen LogP contribution in [0.15, 0.2) is 53.5 Å². The number of pyridine rings is 1. The van der Waals surface area contributed by atoms with E-state index >= 15 is 0 Å². The number of hydrogen-bond acceptors (Lipinski definition) is 5. The molecule has 1 aromatic carbocycles. The third-order valence-electron chi connectivity index (χ3n) is 3.95. The van der Waals surface area contributed by atoms with Crippen molar-refractivity contribution in [1.29, 1.82) is 0 Å². The number of rotatable bonds is 7. The van der Waals surface area contributed by atoms with E-state index < -0.39 is 0 Å².